The zero-order valence-electron chi connectivity index (χ0n) is 15.5. The van der Waals surface area contributed by atoms with E-state index >= 15 is 0 Å². The quantitative estimate of drug-likeness (QED) is 0.191. The molecule has 0 atom stereocenters. The van der Waals surface area contributed by atoms with Crippen molar-refractivity contribution in [3.05, 3.63) is 82.9 Å². The van der Waals surface area contributed by atoms with Crippen molar-refractivity contribution in [1.82, 2.24) is 0 Å². The standard InChI is InChI=1S/C22H16O8/c23-11-16-9-18(5-7-20(16)25)29-22(27)15-3-1-14(2-4-15)13-28-30-19-6-8-21(26)17(10-19)12-24/h1-12,25-26H,13H2. The van der Waals surface area contributed by atoms with E-state index in [1.54, 1.807) is 12.1 Å². The fraction of sp³-hybridized carbons (Fsp3) is 0.0455. The molecule has 0 aromatic heterocycles. The Bertz CT molecular complexity index is 1070. The van der Waals surface area contributed by atoms with E-state index in [1.807, 2.05) is 0 Å². The minimum atomic E-state index is -0.633. The summed E-state index contributed by atoms with van der Waals surface area (Å²) in [6, 6.07) is 14.3. The van der Waals surface area contributed by atoms with Crippen LogP contribution in [0.1, 0.15) is 36.6 Å². The first-order chi connectivity index (χ1) is 14.5. The van der Waals surface area contributed by atoms with Gasteiger partial charge in [0, 0.05) is 0 Å². The number of hydrogen-bond acceptors (Lipinski definition) is 8. The summed E-state index contributed by atoms with van der Waals surface area (Å²) in [5, 5.41) is 18.9. The van der Waals surface area contributed by atoms with Gasteiger partial charge in [-0.2, -0.15) is 4.89 Å². The lowest BCUT2D eigenvalue weighted by Crippen LogP contribution is -2.09. The van der Waals surface area contributed by atoms with Crippen molar-refractivity contribution in [1.29, 1.82) is 0 Å². The van der Waals surface area contributed by atoms with Crippen molar-refractivity contribution in [2.24, 2.45) is 0 Å². The molecule has 0 saturated heterocycles. The lowest BCUT2D eigenvalue weighted by molar-refractivity contribution is -0.217. The fourth-order valence-corrected chi connectivity index (χ4v) is 2.44. The molecule has 152 valence electrons. The minimum Gasteiger partial charge on any atom is -0.507 e. The molecule has 0 fully saturated rings. The Morgan fingerprint density at radius 2 is 1.37 bits per heavy atom. The van der Waals surface area contributed by atoms with Crippen molar-refractivity contribution < 1.29 is 39.1 Å². The zero-order valence-corrected chi connectivity index (χ0v) is 15.5. The van der Waals surface area contributed by atoms with Crippen LogP contribution in [-0.4, -0.2) is 28.8 Å². The lowest BCUT2D eigenvalue weighted by atomic mass is 10.1. The predicted octanol–water partition coefficient (Wildman–Crippen LogP) is 3.45. The molecule has 3 aromatic carbocycles. The second-order valence-corrected chi connectivity index (χ2v) is 6.11. The van der Waals surface area contributed by atoms with Crippen molar-refractivity contribution >= 4 is 18.5 Å². The van der Waals surface area contributed by atoms with Crippen LogP contribution >= 0.6 is 0 Å². The number of hydrogen-bond donors (Lipinski definition) is 2. The summed E-state index contributed by atoms with van der Waals surface area (Å²) in [6.07, 6.45) is 0.958. The van der Waals surface area contributed by atoms with E-state index in [2.05, 4.69) is 0 Å². The van der Waals surface area contributed by atoms with Gasteiger partial charge in [0.05, 0.1) is 16.7 Å². The van der Waals surface area contributed by atoms with E-state index in [0.29, 0.717) is 18.1 Å². The molecule has 0 bridgehead atoms. The number of phenols is 2. The number of benzene rings is 3. The topological polar surface area (TPSA) is 119 Å². The Hall–Kier alpha value is -4.17. The van der Waals surface area contributed by atoms with E-state index in [1.165, 1.54) is 48.5 Å². The maximum atomic E-state index is 12.2. The van der Waals surface area contributed by atoms with Crippen molar-refractivity contribution in [3.8, 4) is 23.0 Å². The Kier molecular flexibility index (Phi) is 6.41. The van der Waals surface area contributed by atoms with Crippen LogP contribution in [0.5, 0.6) is 23.0 Å². The van der Waals surface area contributed by atoms with Crippen molar-refractivity contribution in [3.63, 3.8) is 0 Å². The third kappa shape index (κ3) is 5.00. The molecule has 0 aliphatic carbocycles. The van der Waals surface area contributed by atoms with Gasteiger partial charge in [-0.15, -0.1) is 0 Å². The van der Waals surface area contributed by atoms with Gasteiger partial charge in [-0.1, -0.05) is 12.1 Å². The molecule has 0 aliphatic rings. The Balaban J connectivity index is 1.56. The van der Waals surface area contributed by atoms with Gasteiger partial charge in [-0.3, -0.25) is 9.59 Å². The van der Waals surface area contributed by atoms with Gasteiger partial charge in [-0.25, -0.2) is 4.79 Å². The molecule has 0 saturated carbocycles. The number of carbonyl (C=O) groups is 3. The molecule has 3 rings (SSSR count). The molecule has 0 heterocycles. The third-order valence-corrected chi connectivity index (χ3v) is 4.03. The molecule has 0 radical (unpaired) electrons. The highest BCUT2D eigenvalue weighted by Gasteiger charge is 2.11. The van der Waals surface area contributed by atoms with Crippen LogP contribution in [0.4, 0.5) is 0 Å². The van der Waals surface area contributed by atoms with Crippen LogP contribution < -0.4 is 9.62 Å². The summed E-state index contributed by atoms with van der Waals surface area (Å²) >= 11 is 0. The SMILES string of the molecule is O=Cc1cc(OOCc2ccc(C(=O)Oc3ccc(O)c(C=O)c3)cc2)ccc1O. The van der Waals surface area contributed by atoms with Crippen LogP contribution in [-0.2, 0) is 11.5 Å². The first-order valence-electron chi connectivity index (χ1n) is 8.67. The molecular weight excluding hydrogens is 392 g/mol. The predicted molar refractivity (Wildman–Crippen MR) is 104 cm³/mol. The van der Waals surface area contributed by atoms with Crippen LogP contribution in [0.2, 0.25) is 0 Å². The second kappa shape index (κ2) is 9.35. The third-order valence-electron chi connectivity index (χ3n) is 4.03. The van der Waals surface area contributed by atoms with Gasteiger partial charge < -0.3 is 19.8 Å². The normalized spacial score (nSPS) is 10.3. The molecule has 0 spiro atoms. The first-order valence-corrected chi connectivity index (χ1v) is 8.67. The summed E-state index contributed by atoms with van der Waals surface area (Å²) in [4.78, 5) is 44.1. The Morgan fingerprint density at radius 3 is 1.97 bits per heavy atom. The van der Waals surface area contributed by atoms with E-state index in [0.717, 1.165) is 0 Å². The smallest absolute Gasteiger partial charge is 0.343 e. The number of phenolic OH excluding ortho intramolecular Hbond substituents is 2. The van der Waals surface area contributed by atoms with Crippen molar-refractivity contribution in [2.45, 2.75) is 6.61 Å². The molecule has 2 N–H and O–H groups in total. The summed E-state index contributed by atoms with van der Waals surface area (Å²) in [7, 11) is 0. The number of rotatable bonds is 8. The fourth-order valence-electron chi connectivity index (χ4n) is 2.44. The number of aldehydes is 2. The zero-order chi connectivity index (χ0) is 21.5. The average molecular weight is 408 g/mol. The number of esters is 1. The number of ether oxygens (including phenoxy) is 1. The van der Waals surface area contributed by atoms with Gasteiger partial charge in [0.1, 0.15) is 23.9 Å². The van der Waals surface area contributed by atoms with Crippen LogP contribution in [0, 0.1) is 0 Å². The first kappa shape index (κ1) is 20.6. The second-order valence-electron chi connectivity index (χ2n) is 6.11. The van der Waals surface area contributed by atoms with E-state index in [-0.39, 0.29) is 46.3 Å². The minimum absolute atomic E-state index is 0.0155. The molecule has 3 aromatic rings. The Morgan fingerprint density at radius 1 is 0.800 bits per heavy atom. The summed E-state index contributed by atoms with van der Waals surface area (Å²) in [5.74, 6) is -0.615. The molecule has 0 aliphatic heterocycles. The molecule has 0 unspecified atom stereocenters. The Labute approximate surface area is 170 Å². The number of carbonyl (C=O) groups excluding carboxylic acids is 3. The van der Waals surface area contributed by atoms with Gasteiger partial charge in [-0.05, 0) is 54.1 Å². The molecule has 30 heavy (non-hydrogen) atoms. The van der Waals surface area contributed by atoms with Gasteiger partial charge in [0.2, 0.25) is 0 Å². The maximum absolute atomic E-state index is 12.2. The maximum Gasteiger partial charge on any atom is 0.343 e. The highest BCUT2D eigenvalue weighted by molar-refractivity contribution is 5.91. The molecular formula is C22H16O8. The van der Waals surface area contributed by atoms with E-state index in [9.17, 15) is 24.6 Å². The van der Waals surface area contributed by atoms with E-state index < -0.39 is 5.97 Å². The highest BCUT2D eigenvalue weighted by Crippen LogP contribution is 2.23. The number of aromatic hydroxyl groups is 2. The van der Waals surface area contributed by atoms with Gasteiger partial charge in [0.25, 0.3) is 0 Å². The monoisotopic (exact) mass is 408 g/mol. The largest absolute Gasteiger partial charge is 0.507 e. The van der Waals surface area contributed by atoms with Gasteiger partial charge >= 0.3 is 5.97 Å². The van der Waals surface area contributed by atoms with Crippen LogP contribution in [0.3, 0.4) is 0 Å². The summed E-state index contributed by atoms with van der Waals surface area (Å²) in [5.41, 5.74) is 1.07. The van der Waals surface area contributed by atoms with Crippen molar-refractivity contribution in [2.75, 3.05) is 0 Å². The summed E-state index contributed by atoms with van der Waals surface area (Å²) in [6.45, 7) is 0.0628. The average Bonchev–Trinajstić information content (AvgIpc) is 2.76. The molecule has 8 heteroatoms. The van der Waals surface area contributed by atoms with Gasteiger partial charge in [0.15, 0.2) is 18.3 Å². The lowest BCUT2D eigenvalue weighted by Gasteiger charge is -2.08. The van der Waals surface area contributed by atoms with Crippen LogP contribution in [0.25, 0.3) is 0 Å². The van der Waals surface area contributed by atoms with E-state index in [4.69, 9.17) is 14.5 Å². The van der Waals surface area contributed by atoms with Crippen LogP contribution in [0.15, 0.2) is 60.7 Å². The summed E-state index contributed by atoms with van der Waals surface area (Å²) < 4.78 is 5.19. The highest BCUT2D eigenvalue weighted by atomic mass is 17.2. The molecule has 0 amide bonds. The molecule has 8 nitrogen and oxygen atoms in total.